The minimum absolute atomic E-state index is 0.0613. The highest BCUT2D eigenvalue weighted by Crippen LogP contribution is 2.31. The van der Waals surface area contributed by atoms with Gasteiger partial charge < -0.3 is 20.1 Å². The number of ether oxygens (including phenoxy) is 2. The molecule has 1 aromatic heterocycles. The Morgan fingerprint density at radius 2 is 2.15 bits per heavy atom. The lowest BCUT2D eigenvalue weighted by atomic mass is 9.93. The molecule has 0 aliphatic carbocycles. The highest BCUT2D eigenvalue weighted by molar-refractivity contribution is 5.77. The SMILES string of the molecule is CCn1cc([C@@H]2NC(=O)CC[C@H]2NCc2ccc3c(c2)OCCO3)cn1. The van der Waals surface area contributed by atoms with E-state index >= 15 is 0 Å². The fourth-order valence-corrected chi connectivity index (χ4v) is 3.49. The number of carbonyl (C=O) groups excluding carboxylic acids is 1. The van der Waals surface area contributed by atoms with Crippen LogP contribution in [-0.2, 0) is 17.9 Å². The smallest absolute Gasteiger partial charge is 0.220 e. The van der Waals surface area contributed by atoms with Crippen LogP contribution in [0.3, 0.4) is 0 Å². The Labute approximate surface area is 152 Å². The maximum atomic E-state index is 11.9. The van der Waals surface area contributed by atoms with E-state index in [-0.39, 0.29) is 18.0 Å². The van der Waals surface area contributed by atoms with Crippen molar-refractivity contribution >= 4 is 5.91 Å². The number of hydrogen-bond donors (Lipinski definition) is 2. The van der Waals surface area contributed by atoms with Gasteiger partial charge in [-0.2, -0.15) is 5.10 Å². The number of amides is 1. The summed E-state index contributed by atoms with van der Waals surface area (Å²) in [6.07, 6.45) is 5.20. The maximum absolute atomic E-state index is 11.9. The summed E-state index contributed by atoms with van der Waals surface area (Å²) < 4.78 is 13.1. The van der Waals surface area contributed by atoms with Crippen LogP contribution in [0.25, 0.3) is 0 Å². The molecule has 2 aromatic rings. The van der Waals surface area contributed by atoms with Crippen LogP contribution in [0.2, 0.25) is 0 Å². The van der Waals surface area contributed by atoms with Crippen molar-refractivity contribution in [1.29, 1.82) is 0 Å². The molecule has 7 nitrogen and oxygen atoms in total. The van der Waals surface area contributed by atoms with Crippen molar-refractivity contribution < 1.29 is 14.3 Å². The van der Waals surface area contributed by atoms with E-state index in [1.807, 2.05) is 42.2 Å². The molecule has 1 fully saturated rings. The lowest BCUT2D eigenvalue weighted by Crippen LogP contribution is -2.48. The topological polar surface area (TPSA) is 77.4 Å². The molecule has 26 heavy (non-hydrogen) atoms. The largest absolute Gasteiger partial charge is 0.486 e. The van der Waals surface area contributed by atoms with Gasteiger partial charge in [0.05, 0.1) is 12.2 Å². The standard InChI is InChI=1S/C19H24N4O3/c1-2-23-12-14(11-21-23)19-15(4-6-18(24)22-19)20-10-13-3-5-16-17(9-13)26-8-7-25-16/h3,5,9,11-12,15,19-20H,2,4,6-8,10H2,1H3,(H,22,24)/t15-,19+/m1/s1. The van der Waals surface area contributed by atoms with Crippen molar-refractivity contribution in [3.63, 3.8) is 0 Å². The Hall–Kier alpha value is -2.54. The van der Waals surface area contributed by atoms with Gasteiger partial charge in [0.2, 0.25) is 5.91 Å². The van der Waals surface area contributed by atoms with Gasteiger partial charge in [-0.3, -0.25) is 9.48 Å². The lowest BCUT2D eigenvalue weighted by Gasteiger charge is -2.32. The molecule has 0 radical (unpaired) electrons. The molecule has 1 saturated heterocycles. The first-order valence-electron chi connectivity index (χ1n) is 9.16. The van der Waals surface area contributed by atoms with Gasteiger partial charge in [-0.25, -0.2) is 0 Å². The average Bonchev–Trinajstić information content (AvgIpc) is 3.16. The Morgan fingerprint density at radius 3 is 2.96 bits per heavy atom. The third-order valence-corrected chi connectivity index (χ3v) is 4.91. The van der Waals surface area contributed by atoms with Crippen LogP contribution in [0.5, 0.6) is 11.5 Å². The maximum Gasteiger partial charge on any atom is 0.220 e. The zero-order valence-electron chi connectivity index (χ0n) is 14.9. The van der Waals surface area contributed by atoms with Gasteiger partial charge in [0.15, 0.2) is 11.5 Å². The van der Waals surface area contributed by atoms with E-state index in [2.05, 4.69) is 15.7 Å². The summed E-state index contributed by atoms with van der Waals surface area (Å²) in [5, 5.41) is 11.0. The second-order valence-corrected chi connectivity index (χ2v) is 6.68. The molecule has 7 heteroatoms. The lowest BCUT2D eigenvalue weighted by molar-refractivity contribution is -0.123. The van der Waals surface area contributed by atoms with Gasteiger partial charge in [0.1, 0.15) is 13.2 Å². The van der Waals surface area contributed by atoms with Crippen LogP contribution in [0.15, 0.2) is 30.6 Å². The van der Waals surface area contributed by atoms with E-state index < -0.39 is 0 Å². The monoisotopic (exact) mass is 356 g/mol. The molecule has 2 N–H and O–H groups in total. The zero-order valence-corrected chi connectivity index (χ0v) is 14.9. The van der Waals surface area contributed by atoms with Crippen LogP contribution in [-0.4, -0.2) is 34.9 Å². The summed E-state index contributed by atoms with van der Waals surface area (Å²) in [5.74, 6) is 1.69. The number of nitrogens with one attached hydrogen (secondary N) is 2. The molecule has 0 saturated carbocycles. The van der Waals surface area contributed by atoms with Gasteiger partial charge >= 0.3 is 0 Å². The minimum Gasteiger partial charge on any atom is -0.486 e. The number of hydrogen-bond acceptors (Lipinski definition) is 5. The van der Waals surface area contributed by atoms with Gasteiger partial charge in [-0.1, -0.05) is 6.07 Å². The summed E-state index contributed by atoms with van der Waals surface area (Å²) in [5.41, 5.74) is 2.17. The molecule has 0 unspecified atom stereocenters. The third-order valence-electron chi connectivity index (χ3n) is 4.91. The molecular weight excluding hydrogens is 332 g/mol. The summed E-state index contributed by atoms with van der Waals surface area (Å²) >= 11 is 0. The second-order valence-electron chi connectivity index (χ2n) is 6.68. The molecule has 1 amide bonds. The number of aryl methyl sites for hydroxylation is 1. The third kappa shape index (κ3) is 3.53. The number of carbonyl (C=O) groups is 1. The molecule has 0 bridgehead atoms. The summed E-state index contributed by atoms with van der Waals surface area (Å²) in [7, 11) is 0. The van der Waals surface area contributed by atoms with Gasteiger partial charge in [0, 0.05) is 37.3 Å². The van der Waals surface area contributed by atoms with Crippen molar-refractivity contribution in [3.05, 3.63) is 41.7 Å². The molecule has 1 aromatic carbocycles. The number of nitrogens with zero attached hydrogens (tertiary/aromatic N) is 2. The predicted octanol–water partition coefficient (Wildman–Crippen LogP) is 1.78. The van der Waals surface area contributed by atoms with E-state index in [1.54, 1.807) is 0 Å². The number of benzene rings is 1. The summed E-state index contributed by atoms with van der Waals surface area (Å²) in [4.78, 5) is 11.9. The molecule has 138 valence electrons. The van der Waals surface area contributed by atoms with Crippen LogP contribution >= 0.6 is 0 Å². The van der Waals surface area contributed by atoms with Crippen molar-refractivity contribution in [2.75, 3.05) is 13.2 Å². The Bertz CT molecular complexity index is 789. The van der Waals surface area contributed by atoms with Crippen LogP contribution in [0.1, 0.15) is 36.9 Å². The number of fused-ring (bicyclic) bond motifs is 1. The van der Waals surface area contributed by atoms with E-state index in [9.17, 15) is 4.79 Å². The quantitative estimate of drug-likeness (QED) is 0.854. The van der Waals surface area contributed by atoms with Crippen LogP contribution < -0.4 is 20.1 Å². The Morgan fingerprint density at radius 1 is 1.31 bits per heavy atom. The number of aromatic nitrogens is 2. The highest BCUT2D eigenvalue weighted by atomic mass is 16.6. The molecule has 2 aliphatic rings. The fourth-order valence-electron chi connectivity index (χ4n) is 3.49. The van der Waals surface area contributed by atoms with Crippen molar-refractivity contribution in [3.8, 4) is 11.5 Å². The zero-order chi connectivity index (χ0) is 17.9. The van der Waals surface area contributed by atoms with Gasteiger partial charge in [0.25, 0.3) is 0 Å². The van der Waals surface area contributed by atoms with Crippen molar-refractivity contribution in [1.82, 2.24) is 20.4 Å². The second kappa shape index (κ2) is 7.37. The van der Waals surface area contributed by atoms with Crippen LogP contribution in [0, 0.1) is 0 Å². The van der Waals surface area contributed by atoms with Gasteiger partial charge in [-0.15, -0.1) is 0 Å². The summed E-state index contributed by atoms with van der Waals surface area (Å²) in [6.45, 7) is 4.75. The van der Waals surface area contributed by atoms with E-state index in [0.717, 1.165) is 35.6 Å². The molecule has 2 atom stereocenters. The molecule has 0 spiro atoms. The van der Waals surface area contributed by atoms with E-state index in [4.69, 9.17) is 9.47 Å². The van der Waals surface area contributed by atoms with Gasteiger partial charge in [-0.05, 0) is 31.0 Å². The van der Waals surface area contributed by atoms with E-state index in [1.165, 1.54) is 0 Å². The van der Waals surface area contributed by atoms with Crippen LogP contribution in [0.4, 0.5) is 0 Å². The Balaban J connectivity index is 1.46. The first kappa shape index (κ1) is 16.9. The highest BCUT2D eigenvalue weighted by Gasteiger charge is 2.30. The van der Waals surface area contributed by atoms with Crippen molar-refractivity contribution in [2.45, 2.75) is 44.9 Å². The molecule has 2 aliphatic heterocycles. The minimum atomic E-state index is -0.0613. The van der Waals surface area contributed by atoms with E-state index in [0.29, 0.717) is 26.2 Å². The number of rotatable bonds is 5. The van der Waals surface area contributed by atoms with Crippen molar-refractivity contribution in [2.24, 2.45) is 0 Å². The predicted molar refractivity (Wildman–Crippen MR) is 96.1 cm³/mol. The Kier molecular flexibility index (Phi) is 4.79. The first-order valence-corrected chi connectivity index (χ1v) is 9.16. The fraction of sp³-hybridized carbons (Fsp3) is 0.474. The summed E-state index contributed by atoms with van der Waals surface area (Å²) in [6, 6.07) is 6.12. The first-order chi connectivity index (χ1) is 12.7. The normalized spacial score (nSPS) is 22.1. The molecule has 4 rings (SSSR count). The average molecular weight is 356 g/mol. The molecule has 3 heterocycles. The number of piperidine rings is 1. The molecular formula is C19H24N4O3.